The SMILES string of the molecule is C1=CC2CC3C=CC=CC3C2C=C1.C1=CC2CCCC2C=C1.C1CC[OH+]C1.C1CC[OH+]C1.C1CC[OH+]C1.C1CC[OH+]C1.C1CC[OH+]C1.C1CC[OH+]C1.CC1C(C)C(C)C(C)C1C.CC1C(C)C(C)C(C)C1C.CC1C(C)C(C)C(C)C1C.[CH2-][Si](C)(C)C.[CH2-][Si](C)(C)C.[CH2-][Si](C)(C)C.[CH2-][Si](C)(C)C.[CH2-][Si](C)(C)C.[CH2-][Si](C)(C)C.[CH2-][Si](C)(C)C.[CH2-][Si](C)(C)C.[CH2-][Si](C)(C)C.[CH2-][Si](C)(C)C.[CH3-].[CH3-].[CH3-].[CH3-].[CH3-].[La].[Nd].[Sc].[Sc].[Sc]. The van der Waals surface area contributed by atoms with E-state index in [0.29, 0.717) is 0 Å². The Labute approximate surface area is 1030 Å². The van der Waals surface area contributed by atoms with Gasteiger partial charge in [-0.3, -0.25) is 0 Å². The van der Waals surface area contributed by atoms with E-state index in [1.807, 2.05) is 0 Å². The summed E-state index contributed by atoms with van der Waals surface area (Å²) in [7, 11) is -8.61. The quantitative estimate of drug-likeness (QED) is 0.132. The van der Waals surface area contributed by atoms with Crippen molar-refractivity contribution < 1.29 is 182 Å². The molecule has 6 nitrogen and oxygen atoms in total. The molecule has 6 aliphatic heterocycles. The van der Waals surface area contributed by atoms with E-state index in [1.54, 1.807) is 0 Å². The van der Waals surface area contributed by atoms with Gasteiger partial charge in [-0.1, -0.05) is 380 Å². The average Bonchev–Trinajstić information content (AvgIpc) is 1.64. The summed E-state index contributed by atoms with van der Waals surface area (Å²) in [5.41, 5.74) is 0. The first-order chi connectivity index (χ1) is 59.6. The Morgan fingerprint density at radius 1 is 0.176 bits per heavy atom. The predicted molar refractivity (Wildman–Crippen MR) is 678 cm³/mol. The molecule has 21 heteroatoms. The van der Waals surface area contributed by atoms with Crippen molar-refractivity contribution in [3.05, 3.63) is 176 Å². The maximum absolute atomic E-state index is 4.08. The van der Waals surface area contributed by atoms with Crippen molar-refractivity contribution >= 4 is 80.7 Å². The van der Waals surface area contributed by atoms with Crippen LogP contribution in [0.2, 0.25) is 196 Å². The Bertz CT molecular complexity index is 2170. The van der Waals surface area contributed by atoms with Crippen LogP contribution in [0.1, 0.15) is 207 Å². The molecule has 6 unspecified atom stereocenters. The Hall–Kier alpha value is 5.52. The minimum atomic E-state index is -0.861. The molecule has 0 spiro atoms. The van der Waals surface area contributed by atoms with Crippen molar-refractivity contribution in [1.29, 1.82) is 0 Å². The summed E-state index contributed by atoms with van der Waals surface area (Å²) in [5.74, 6) is 19.0. The summed E-state index contributed by atoms with van der Waals surface area (Å²) >= 11 is 0. The first kappa shape index (κ1) is 186. The molecule has 5 saturated carbocycles. The second-order valence-electron chi connectivity index (χ2n) is 54.0. The standard InChI is InChI=1S/C13H14.3C10H20.C9H12.6C4H8O.10C4H11Si.5CH3.La.Nd.3Sc/c1-3-7-12-10(5-1)9-11-6-2-4-8-13(11)12;3*1-6-7(2)9(4)10(5)8(6)3;1-2-5-9-7-3-6-8(9)4-1;6*1-2-4-5-3-1;10*1-5(2,3)4;;;;;;;;;;/h1-8,10-13H,9H2;3*6-10H,1-5H3;1-2,4-5,8-9H,3,6-7H2;6*1-4H2;10*1H2,2-4H3;5*1H3;;;;;/q;;;;;;;;;;;15*-1;;;;;/p+6. The molecule has 6 heterocycles. The molecule has 142 heavy (non-hydrogen) atoms. The van der Waals surface area contributed by atoms with Crippen molar-refractivity contribution in [1.82, 2.24) is 0 Å². The maximum atomic E-state index is 4.08. The molecule has 6 atom stereocenters. The van der Waals surface area contributed by atoms with Crippen LogP contribution in [0.15, 0.2) is 72.9 Å². The Morgan fingerprint density at radius 2 is 0.268 bits per heavy atom. The van der Waals surface area contributed by atoms with Crippen LogP contribution < -0.4 is 0 Å². The molecule has 11 fully saturated rings. The molecule has 850 valence electrons. The van der Waals surface area contributed by atoms with Crippen molar-refractivity contribution in [3.63, 3.8) is 0 Å². The zero-order chi connectivity index (χ0) is 105. The molecular weight excluding hydrogens is 2250 g/mol. The molecule has 14 rings (SSSR count). The normalized spacial score (nSPS) is 27.6. The molecule has 0 aromatic rings. The first-order valence-electron chi connectivity index (χ1n) is 54.0. The summed E-state index contributed by atoms with van der Waals surface area (Å²) in [6, 6.07) is 0. The van der Waals surface area contributed by atoms with Crippen molar-refractivity contribution in [3.8, 4) is 0 Å². The largest absolute Gasteiger partial charge is 0.434 e. The summed E-state index contributed by atoms with van der Waals surface area (Å²) < 4.78 is 24.5. The fourth-order valence-electron chi connectivity index (χ4n) is 15.4. The Kier molecular flexibility index (Phi) is 133. The number of aliphatic hydroxyl groups is 12. The first-order valence-corrected chi connectivity index (χ1v) is 91.0. The maximum Gasteiger partial charge on any atom is 0.145 e. The summed E-state index contributed by atoms with van der Waals surface area (Å²) in [6.45, 7) is 155. The summed E-state index contributed by atoms with van der Waals surface area (Å²) in [4.78, 5) is 0. The third-order valence-electron chi connectivity index (χ3n) is 23.8. The average molecular weight is 2520 g/mol. The topological polar surface area (TPSA) is 76.8 Å². The molecular formula is C121H265LaNdO6Sc3Si10-9. The van der Waals surface area contributed by atoms with E-state index in [-0.39, 0.29) is 191 Å². The van der Waals surface area contributed by atoms with E-state index >= 15 is 0 Å². The predicted octanol–water partition coefficient (Wildman–Crippen LogP) is 36.2. The van der Waals surface area contributed by atoms with Gasteiger partial charge in [-0.15, -0.1) is 80.7 Å². The van der Waals surface area contributed by atoms with Gasteiger partial charge in [-0.25, -0.2) is 0 Å². The number of hydrogen-bond donors (Lipinski definition) is 0. The van der Waals surface area contributed by atoms with Gasteiger partial charge in [0, 0.05) is 231 Å². The molecule has 0 aromatic heterocycles. The van der Waals surface area contributed by atoms with E-state index in [2.05, 4.69) is 467 Å². The van der Waals surface area contributed by atoms with Gasteiger partial charge in [-0.05, 0) is 144 Å². The van der Waals surface area contributed by atoms with Gasteiger partial charge in [0.2, 0.25) is 0 Å². The monoisotopic (exact) mass is 2510 g/mol. The van der Waals surface area contributed by atoms with Gasteiger partial charge < -0.3 is 131 Å². The number of ether oxygens (including phenoxy) is 6. The van der Waals surface area contributed by atoms with E-state index in [1.165, 1.54) is 103 Å². The van der Waals surface area contributed by atoms with Crippen LogP contribution in [0.25, 0.3) is 0 Å². The smallest absolute Gasteiger partial charge is 0.145 e. The molecule has 14 aliphatic rings. The zero-order valence-electron chi connectivity index (χ0n) is 106. The molecule has 6 saturated heterocycles. The Balaban J connectivity index is -0.0000000775. The van der Waals surface area contributed by atoms with Gasteiger partial charge >= 0.3 is 0 Å². The molecule has 0 bridgehead atoms. The van der Waals surface area contributed by atoms with Gasteiger partial charge in [0.05, 0.1) is 0 Å². The van der Waals surface area contributed by atoms with E-state index in [4.69, 9.17) is 0 Å². The van der Waals surface area contributed by atoms with Crippen LogP contribution in [0.5, 0.6) is 0 Å². The van der Waals surface area contributed by atoms with Crippen molar-refractivity contribution in [2.24, 2.45) is 124 Å². The second-order valence-corrected chi connectivity index (χ2v) is 105. The fourth-order valence-corrected chi connectivity index (χ4v) is 15.4. The number of fused-ring (bicyclic) bond motifs is 4. The van der Waals surface area contributed by atoms with Gasteiger partial charge in [0.25, 0.3) is 0 Å². The van der Waals surface area contributed by atoms with Crippen LogP contribution in [-0.4, -0.2) is 188 Å². The number of hydrogen-bond acceptors (Lipinski definition) is 0. The molecule has 8 aliphatic carbocycles. The van der Waals surface area contributed by atoms with E-state index in [0.717, 1.165) is 204 Å². The second kappa shape index (κ2) is 102. The van der Waals surface area contributed by atoms with Gasteiger partial charge in [-0.2, -0.15) is 0 Å². The molecule has 0 aromatic carbocycles. The zero-order valence-corrected chi connectivity index (χ0v) is 129. The van der Waals surface area contributed by atoms with Gasteiger partial charge in [0.15, 0.2) is 0 Å². The Morgan fingerprint density at radius 3 is 0.359 bits per heavy atom. The van der Waals surface area contributed by atoms with Crippen LogP contribution >= 0.6 is 0 Å². The van der Waals surface area contributed by atoms with Crippen LogP contribution in [0.3, 0.4) is 0 Å². The van der Waals surface area contributed by atoms with E-state index < -0.39 is 80.7 Å². The number of rotatable bonds is 0. The molecule has 4 radical (unpaired) electrons. The van der Waals surface area contributed by atoms with Crippen LogP contribution in [0, 0.1) is 303 Å². The van der Waals surface area contributed by atoms with E-state index in [9.17, 15) is 0 Å². The minimum absolute atomic E-state index is 0. The third kappa shape index (κ3) is 150. The summed E-state index contributed by atoms with van der Waals surface area (Å²) in [5, 5.41) is 0. The molecule has 6 N–H and O–H groups in total. The van der Waals surface area contributed by atoms with Crippen LogP contribution in [0.4, 0.5) is 0 Å². The van der Waals surface area contributed by atoms with Gasteiger partial charge in [0.1, 0.15) is 79.3 Å². The minimum Gasteiger partial charge on any atom is -0.434 e. The van der Waals surface area contributed by atoms with Crippen molar-refractivity contribution in [2.75, 3.05) is 79.3 Å². The fraction of sp³-hybridized carbons (Fsp3) is 0.777. The van der Waals surface area contributed by atoms with Crippen molar-refractivity contribution in [2.45, 2.75) is 403 Å². The van der Waals surface area contributed by atoms with Crippen LogP contribution in [-0.2, 0) is 77.5 Å². The summed E-state index contributed by atoms with van der Waals surface area (Å²) in [6.07, 6.45) is 49.1. The third-order valence-corrected chi connectivity index (χ3v) is 23.8. The molecule has 0 amide bonds. The number of allylic oxidation sites excluding steroid dienone is 12.